The molecule has 0 fully saturated rings. The van der Waals surface area contributed by atoms with E-state index in [0.29, 0.717) is 5.56 Å². The Morgan fingerprint density at radius 2 is 2.12 bits per heavy atom. The third kappa shape index (κ3) is 3.06. The van der Waals surface area contributed by atoms with E-state index in [2.05, 4.69) is 25.5 Å². The first-order valence-corrected chi connectivity index (χ1v) is 7.03. The minimum Gasteiger partial charge on any atom is -0.378 e. The zero-order valence-corrected chi connectivity index (χ0v) is 12.8. The Morgan fingerprint density at radius 3 is 2.92 bits per heavy atom. The van der Waals surface area contributed by atoms with Crippen molar-refractivity contribution in [2.45, 2.75) is 0 Å². The van der Waals surface area contributed by atoms with Crippen LogP contribution in [0.15, 0.2) is 41.8 Å². The van der Waals surface area contributed by atoms with Gasteiger partial charge in [0.1, 0.15) is 11.5 Å². The summed E-state index contributed by atoms with van der Waals surface area (Å²) in [6, 6.07) is 9.27. The summed E-state index contributed by atoms with van der Waals surface area (Å²) in [6.45, 7) is 0. The number of nitrogen functional groups attached to an aromatic ring is 1. The van der Waals surface area contributed by atoms with E-state index in [1.807, 2.05) is 24.3 Å². The van der Waals surface area contributed by atoms with Gasteiger partial charge in [0.2, 0.25) is 11.6 Å². The van der Waals surface area contributed by atoms with Crippen LogP contribution >= 0.6 is 11.6 Å². The number of pyridine rings is 1. The Kier molecular flexibility index (Phi) is 4.17. The maximum Gasteiger partial charge on any atom is 0.354 e. The Bertz CT molecular complexity index is 961. The molecule has 0 bridgehead atoms. The van der Waals surface area contributed by atoms with Gasteiger partial charge in [0.15, 0.2) is 0 Å². The fourth-order valence-corrected chi connectivity index (χ4v) is 2.21. The van der Waals surface area contributed by atoms with Gasteiger partial charge in [0, 0.05) is 10.9 Å². The largest absolute Gasteiger partial charge is 0.378 e. The SMILES string of the molecule is Nc1ncnc(NN=Cc2cc3ccccc3nc2Cl)c1[N+](=O)[O-]. The third-order valence-electron chi connectivity index (χ3n) is 3.11. The van der Waals surface area contributed by atoms with E-state index in [9.17, 15) is 10.1 Å². The van der Waals surface area contributed by atoms with Crippen molar-refractivity contribution in [3.05, 3.63) is 57.5 Å². The zero-order chi connectivity index (χ0) is 17.1. The Labute approximate surface area is 140 Å². The van der Waals surface area contributed by atoms with Gasteiger partial charge in [-0.05, 0) is 12.1 Å². The number of aromatic nitrogens is 3. The number of nitrogens with zero attached hydrogens (tertiary/aromatic N) is 5. The van der Waals surface area contributed by atoms with Gasteiger partial charge >= 0.3 is 5.69 Å². The summed E-state index contributed by atoms with van der Waals surface area (Å²) in [5.41, 5.74) is 8.80. The van der Waals surface area contributed by atoms with Gasteiger partial charge in [0.05, 0.1) is 16.7 Å². The second-order valence-electron chi connectivity index (χ2n) is 4.64. The first-order valence-electron chi connectivity index (χ1n) is 6.65. The minimum absolute atomic E-state index is 0.117. The van der Waals surface area contributed by atoms with Crippen LogP contribution in [0.2, 0.25) is 5.15 Å². The molecule has 3 rings (SSSR count). The highest BCUT2D eigenvalue weighted by molar-refractivity contribution is 6.32. The van der Waals surface area contributed by atoms with Gasteiger partial charge < -0.3 is 5.73 Å². The molecule has 0 spiro atoms. The molecule has 0 saturated heterocycles. The summed E-state index contributed by atoms with van der Waals surface area (Å²) in [5.74, 6) is -0.369. The zero-order valence-electron chi connectivity index (χ0n) is 12.0. The predicted octanol–water partition coefficient (Wildman–Crippen LogP) is 2.61. The van der Waals surface area contributed by atoms with Crippen molar-refractivity contribution in [1.29, 1.82) is 0 Å². The number of fused-ring (bicyclic) bond motifs is 1. The van der Waals surface area contributed by atoms with Crippen molar-refractivity contribution in [2.75, 3.05) is 11.2 Å². The number of benzene rings is 1. The number of hydrogen-bond acceptors (Lipinski definition) is 8. The number of anilines is 2. The molecule has 120 valence electrons. The molecule has 0 saturated carbocycles. The molecule has 2 aromatic heterocycles. The maximum absolute atomic E-state index is 11.0. The number of nitrogens with one attached hydrogen (secondary N) is 1. The van der Waals surface area contributed by atoms with Crippen molar-refractivity contribution < 1.29 is 4.92 Å². The summed E-state index contributed by atoms with van der Waals surface area (Å²) < 4.78 is 0. The van der Waals surface area contributed by atoms with Crippen LogP contribution in [0.4, 0.5) is 17.3 Å². The lowest BCUT2D eigenvalue weighted by Crippen LogP contribution is -2.05. The monoisotopic (exact) mass is 343 g/mol. The first kappa shape index (κ1) is 15.6. The number of rotatable bonds is 4. The minimum atomic E-state index is -0.683. The molecule has 0 amide bonds. The van der Waals surface area contributed by atoms with E-state index >= 15 is 0 Å². The average Bonchev–Trinajstić information content (AvgIpc) is 2.55. The molecule has 0 aliphatic rings. The van der Waals surface area contributed by atoms with Crippen LogP contribution in [0.1, 0.15) is 5.56 Å². The molecule has 24 heavy (non-hydrogen) atoms. The maximum atomic E-state index is 11.0. The molecular weight excluding hydrogens is 334 g/mol. The summed E-state index contributed by atoms with van der Waals surface area (Å²) in [4.78, 5) is 21.9. The van der Waals surface area contributed by atoms with Gasteiger partial charge in [-0.25, -0.2) is 15.0 Å². The molecule has 1 aromatic carbocycles. The van der Waals surface area contributed by atoms with Crippen LogP contribution in [-0.4, -0.2) is 26.1 Å². The highest BCUT2D eigenvalue weighted by atomic mass is 35.5. The number of nitrogens with two attached hydrogens (primary N) is 1. The number of hydrazone groups is 1. The van der Waals surface area contributed by atoms with Gasteiger partial charge in [-0.2, -0.15) is 5.10 Å². The van der Waals surface area contributed by atoms with Crippen molar-refractivity contribution >= 4 is 46.0 Å². The van der Waals surface area contributed by atoms with Gasteiger partial charge in [-0.3, -0.25) is 15.5 Å². The Balaban J connectivity index is 1.89. The standard InChI is InChI=1S/C14H10ClN7O2/c15-12-9(5-8-3-1-2-4-10(8)20-12)6-19-21-14-11(22(23)24)13(16)17-7-18-14/h1-7H,(H3,16,17,18,21). The summed E-state index contributed by atoms with van der Waals surface area (Å²) in [7, 11) is 0. The van der Waals surface area contributed by atoms with Gasteiger partial charge in [-0.1, -0.05) is 29.8 Å². The highest BCUT2D eigenvalue weighted by Gasteiger charge is 2.20. The van der Waals surface area contributed by atoms with Crippen LogP contribution in [0.5, 0.6) is 0 Å². The fourth-order valence-electron chi connectivity index (χ4n) is 2.02. The Morgan fingerprint density at radius 1 is 1.33 bits per heavy atom. The Hall–Kier alpha value is -3.33. The van der Waals surface area contributed by atoms with Crippen LogP contribution in [0.25, 0.3) is 10.9 Å². The van der Waals surface area contributed by atoms with Crippen LogP contribution in [0, 0.1) is 10.1 Å². The summed E-state index contributed by atoms with van der Waals surface area (Å²) in [6.07, 6.45) is 2.49. The highest BCUT2D eigenvalue weighted by Crippen LogP contribution is 2.26. The number of halogens is 1. The first-order chi connectivity index (χ1) is 11.6. The smallest absolute Gasteiger partial charge is 0.354 e. The molecule has 10 heteroatoms. The summed E-state index contributed by atoms with van der Waals surface area (Å²) >= 11 is 6.11. The third-order valence-corrected chi connectivity index (χ3v) is 3.41. The van der Waals surface area contributed by atoms with E-state index in [1.54, 1.807) is 6.07 Å². The molecule has 0 aliphatic heterocycles. The van der Waals surface area contributed by atoms with E-state index in [0.717, 1.165) is 17.2 Å². The molecule has 0 atom stereocenters. The van der Waals surface area contributed by atoms with E-state index in [4.69, 9.17) is 17.3 Å². The normalized spacial score (nSPS) is 11.0. The van der Waals surface area contributed by atoms with E-state index in [1.165, 1.54) is 6.21 Å². The van der Waals surface area contributed by atoms with Crippen LogP contribution in [-0.2, 0) is 0 Å². The fraction of sp³-hybridized carbons (Fsp3) is 0. The van der Waals surface area contributed by atoms with Gasteiger partial charge in [-0.15, -0.1) is 0 Å². The molecular formula is C14H10ClN7O2. The van der Waals surface area contributed by atoms with Gasteiger partial charge in [0.25, 0.3) is 0 Å². The molecule has 9 nitrogen and oxygen atoms in total. The average molecular weight is 344 g/mol. The number of para-hydroxylation sites is 1. The van der Waals surface area contributed by atoms with Crippen molar-refractivity contribution in [3.63, 3.8) is 0 Å². The quantitative estimate of drug-likeness (QED) is 0.322. The lowest BCUT2D eigenvalue weighted by Gasteiger charge is -2.03. The molecule has 0 unspecified atom stereocenters. The van der Waals surface area contributed by atoms with Crippen molar-refractivity contribution in [2.24, 2.45) is 5.10 Å². The van der Waals surface area contributed by atoms with Crippen LogP contribution < -0.4 is 11.2 Å². The lowest BCUT2D eigenvalue weighted by molar-refractivity contribution is -0.383. The van der Waals surface area contributed by atoms with E-state index < -0.39 is 10.6 Å². The topological polar surface area (TPSA) is 132 Å². The molecule has 2 heterocycles. The predicted molar refractivity (Wildman–Crippen MR) is 91.1 cm³/mol. The van der Waals surface area contributed by atoms with E-state index in [-0.39, 0.29) is 16.8 Å². The number of nitro groups is 1. The lowest BCUT2D eigenvalue weighted by atomic mass is 10.2. The molecule has 0 radical (unpaired) electrons. The molecule has 3 N–H and O–H groups in total. The van der Waals surface area contributed by atoms with Crippen LogP contribution in [0.3, 0.4) is 0 Å². The molecule has 3 aromatic rings. The van der Waals surface area contributed by atoms with Crippen molar-refractivity contribution in [1.82, 2.24) is 15.0 Å². The molecule has 0 aliphatic carbocycles. The second kappa shape index (κ2) is 6.42. The summed E-state index contributed by atoms with van der Waals surface area (Å²) in [5, 5.41) is 16.1. The van der Waals surface area contributed by atoms with Crippen molar-refractivity contribution in [3.8, 4) is 0 Å². The number of hydrogen-bond donors (Lipinski definition) is 2. The second-order valence-corrected chi connectivity index (χ2v) is 5.00.